The van der Waals surface area contributed by atoms with Gasteiger partial charge in [-0.3, -0.25) is 4.98 Å². The highest BCUT2D eigenvalue weighted by atomic mass is 15.0. The largest absolute Gasteiger partial charge is 0.384 e. The van der Waals surface area contributed by atoms with Gasteiger partial charge in [0.15, 0.2) is 0 Å². The fourth-order valence-electron chi connectivity index (χ4n) is 2.19. The van der Waals surface area contributed by atoms with E-state index in [0.717, 1.165) is 24.3 Å². The van der Waals surface area contributed by atoms with Crippen molar-refractivity contribution in [2.45, 2.75) is 45.1 Å². The SMILES string of the molecule is CCCNc1cncc(NC2CCCC2)c1. The quantitative estimate of drug-likeness (QED) is 0.798. The van der Waals surface area contributed by atoms with E-state index in [0.29, 0.717) is 6.04 Å². The summed E-state index contributed by atoms with van der Waals surface area (Å²) in [5.74, 6) is 0. The van der Waals surface area contributed by atoms with Gasteiger partial charge in [0.05, 0.1) is 23.8 Å². The van der Waals surface area contributed by atoms with Crippen LogP contribution < -0.4 is 10.6 Å². The van der Waals surface area contributed by atoms with E-state index in [-0.39, 0.29) is 0 Å². The summed E-state index contributed by atoms with van der Waals surface area (Å²) in [6.07, 6.45) is 10.3. The number of pyridine rings is 1. The number of aromatic nitrogens is 1. The number of nitrogens with zero attached hydrogens (tertiary/aromatic N) is 1. The lowest BCUT2D eigenvalue weighted by molar-refractivity contribution is 0.755. The van der Waals surface area contributed by atoms with Crippen molar-refractivity contribution in [2.24, 2.45) is 0 Å². The van der Waals surface area contributed by atoms with E-state index in [1.807, 2.05) is 12.4 Å². The van der Waals surface area contributed by atoms with Crippen molar-refractivity contribution in [1.29, 1.82) is 0 Å². The molecule has 3 nitrogen and oxygen atoms in total. The Bertz CT molecular complexity index is 319. The molecule has 1 aromatic heterocycles. The maximum atomic E-state index is 4.25. The standard InChI is InChI=1S/C13H21N3/c1-2-7-15-12-8-13(10-14-9-12)16-11-5-3-4-6-11/h8-11,15-16H,2-7H2,1H3. The highest BCUT2D eigenvalue weighted by Gasteiger charge is 2.14. The van der Waals surface area contributed by atoms with Crippen molar-refractivity contribution >= 4 is 11.4 Å². The Morgan fingerprint density at radius 3 is 2.75 bits per heavy atom. The molecule has 1 heterocycles. The smallest absolute Gasteiger partial charge is 0.0549 e. The monoisotopic (exact) mass is 219 g/mol. The van der Waals surface area contributed by atoms with Gasteiger partial charge < -0.3 is 10.6 Å². The molecular formula is C13H21N3. The lowest BCUT2D eigenvalue weighted by Crippen LogP contribution is -2.14. The van der Waals surface area contributed by atoms with E-state index in [2.05, 4.69) is 28.6 Å². The second-order valence-corrected chi connectivity index (χ2v) is 4.51. The third-order valence-corrected chi connectivity index (χ3v) is 3.04. The molecule has 3 heteroatoms. The first kappa shape index (κ1) is 11.2. The Balaban J connectivity index is 1.92. The summed E-state index contributed by atoms with van der Waals surface area (Å²) in [5.41, 5.74) is 2.26. The summed E-state index contributed by atoms with van der Waals surface area (Å²) in [6, 6.07) is 2.81. The summed E-state index contributed by atoms with van der Waals surface area (Å²) in [4.78, 5) is 4.25. The average Bonchev–Trinajstić information content (AvgIpc) is 2.80. The number of anilines is 2. The molecule has 0 radical (unpaired) electrons. The zero-order chi connectivity index (χ0) is 11.2. The van der Waals surface area contributed by atoms with Gasteiger partial charge in [0.1, 0.15) is 0 Å². The number of hydrogen-bond donors (Lipinski definition) is 2. The van der Waals surface area contributed by atoms with Gasteiger partial charge in [-0.1, -0.05) is 19.8 Å². The van der Waals surface area contributed by atoms with Gasteiger partial charge in [0.25, 0.3) is 0 Å². The molecule has 2 N–H and O–H groups in total. The minimum absolute atomic E-state index is 0.656. The van der Waals surface area contributed by atoms with Crippen molar-refractivity contribution in [1.82, 2.24) is 4.98 Å². The summed E-state index contributed by atoms with van der Waals surface area (Å²) in [6.45, 7) is 3.18. The molecular weight excluding hydrogens is 198 g/mol. The van der Waals surface area contributed by atoms with Crippen LogP contribution in [0.1, 0.15) is 39.0 Å². The number of rotatable bonds is 5. The zero-order valence-electron chi connectivity index (χ0n) is 10.00. The highest BCUT2D eigenvalue weighted by molar-refractivity contribution is 5.54. The van der Waals surface area contributed by atoms with Crippen LogP contribution in [-0.2, 0) is 0 Å². The summed E-state index contributed by atoms with van der Waals surface area (Å²) in [7, 11) is 0. The fourth-order valence-corrected chi connectivity index (χ4v) is 2.19. The molecule has 0 bridgehead atoms. The Morgan fingerprint density at radius 2 is 2.00 bits per heavy atom. The minimum Gasteiger partial charge on any atom is -0.384 e. The molecule has 1 fully saturated rings. The van der Waals surface area contributed by atoms with E-state index >= 15 is 0 Å². The lowest BCUT2D eigenvalue weighted by Gasteiger charge is -2.14. The van der Waals surface area contributed by atoms with Gasteiger partial charge in [-0.15, -0.1) is 0 Å². The van der Waals surface area contributed by atoms with E-state index < -0.39 is 0 Å². The molecule has 1 aliphatic rings. The fraction of sp³-hybridized carbons (Fsp3) is 0.615. The number of nitrogens with one attached hydrogen (secondary N) is 2. The second kappa shape index (κ2) is 5.73. The van der Waals surface area contributed by atoms with Crippen molar-refractivity contribution in [3.05, 3.63) is 18.5 Å². The van der Waals surface area contributed by atoms with Crippen molar-refractivity contribution in [3.63, 3.8) is 0 Å². The second-order valence-electron chi connectivity index (χ2n) is 4.51. The molecule has 0 amide bonds. The third kappa shape index (κ3) is 3.12. The molecule has 0 aliphatic heterocycles. The maximum Gasteiger partial charge on any atom is 0.0549 e. The van der Waals surface area contributed by atoms with Crippen LogP contribution in [0.3, 0.4) is 0 Å². The average molecular weight is 219 g/mol. The van der Waals surface area contributed by atoms with Gasteiger partial charge in [0.2, 0.25) is 0 Å². The van der Waals surface area contributed by atoms with Gasteiger partial charge in [-0.05, 0) is 25.3 Å². The van der Waals surface area contributed by atoms with E-state index in [1.165, 1.54) is 25.7 Å². The predicted molar refractivity (Wildman–Crippen MR) is 68.9 cm³/mol. The molecule has 1 aliphatic carbocycles. The highest BCUT2D eigenvalue weighted by Crippen LogP contribution is 2.23. The van der Waals surface area contributed by atoms with Crippen LogP contribution in [0.2, 0.25) is 0 Å². The van der Waals surface area contributed by atoms with Crippen LogP contribution in [0, 0.1) is 0 Å². The summed E-state index contributed by atoms with van der Waals surface area (Å²) in [5, 5.41) is 6.91. The molecule has 2 rings (SSSR count). The zero-order valence-corrected chi connectivity index (χ0v) is 10.00. The van der Waals surface area contributed by atoms with E-state index in [9.17, 15) is 0 Å². The van der Waals surface area contributed by atoms with E-state index in [4.69, 9.17) is 0 Å². The molecule has 88 valence electrons. The van der Waals surface area contributed by atoms with Gasteiger partial charge >= 0.3 is 0 Å². The van der Waals surface area contributed by atoms with Crippen LogP contribution in [0.25, 0.3) is 0 Å². The van der Waals surface area contributed by atoms with Crippen LogP contribution in [0.15, 0.2) is 18.5 Å². The molecule has 16 heavy (non-hydrogen) atoms. The minimum atomic E-state index is 0.656. The molecule has 0 unspecified atom stereocenters. The lowest BCUT2D eigenvalue weighted by atomic mass is 10.2. The molecule has 0 saturated heterocycles. The van der Waals surface area contributed by atoms with E-state index in [1.54, 1.807) is 0 Å². The van der Waals surface area contributed by atoms with Crippen molar-refractivity contribution in [3.8, 4) is 0 Å². The van der Waals surface area contributed by atoms with Crippen LogP contribution >= 0.6 is 0 Å². The number of hydrogen-bond acceptors (Lipinski definition) is 3. The maximum absolute atomic E-state index is 4.25. The Morgan fingerprint density at radius 1 is 1.25 bits per heavy atom. The van der Waals surface area contributed by atoms with Gasteiger partial charge in [-0.2, -0.15) is 0 Å². The van der Waals surface area contributed by atoms with Gasteiger partial charge in [-0.25, -0.2) is 0 Å². The Hall–Kier alpha value is -1.25. The molecule has 0 aromatic carbocycles. The topological polar surface area (TPSA) is 37.0 Å². The molecule has 1 aromatic rings. The molecule has 1 saturated carbocycles. The first-order valence-electron chi connectivity index (χ1n) is 6.34. The third-order valence-electron chi connectivity index (χ3n) is 3.04. The van der Waals surface area contributed by atoms with Crippen molar-refractivity contribution < 1.29 is 0 Å². The summed E-state index contributed by atoms with van der Waals surface area (Å²) < 4.78 is 0. The first-order valence-corrected chi connectivity index (χ1v) is 6.34. The molecule has 0 atom stereocenters. The normalized spacial score (nSPS) is 16.3. The van der Waals surface area contributed by atoms with Crippen LogP contribution in [-0.4, -0.2) is 17.6 Å². The predicted octanol–water partition coefficient (Wildman–Crippen LogP) is 3.26. The molecule has 0 spiro atoms. The van der Waals surface area contributed by atoms with Crippen LogP contribution in [0.4, 0.5) is 11.4 Å². The Labute approximate surface area is 97.7 Å². The summed E-state index contributed by atoms with van der Waals surface area (Å²) >= 11 is 0. The van der Waals surface area contributed by atoms with Crippen molar-refractivity contribution in [2.75, 3.05) is 17.2 Å². The first-order chi connectivity index (χ1) is 7.88. The Kier molecular flexibility index (Phi) is 4.03. The van der Waals surface area contributed by atoms with Crippen LogP contribution in [0.5, 0.6) is 0 Å². The van der Waals surface area contributed by atoms with Gasteiger partial charge in [0, 0.05) is 12.6 Å².